The predicted molar refractivity (Wildman–Crippen MR) is 101 cm³/mol. The number of carbonyl (C=O) groups excluding carboxylic acids is 1. The summed E-state index contributed by atoms with van der Waals surface area (Å²) in [6, 6.07) is 7.97. The van der Waals surface area contributed by atoms with Crippen LogP contribution in [0.2, 0.25) is 0 Å². The molecule has 8 heteroatoms. The molecule has 1 amide bonds. The zero-order chi connectivity index (χ0) is 18.7. The van der Waals surface area contributed by atoms with Crippen LogP contribution in [0.15, 0.2) is 36.4 Å². The minimum absolute atomic E-state index is 0.00185. The van der Waals surface area contributed by atoms with Gasteiger partial charge in [-0.05, 0) is 71.8 Å². The maximum absolute atomic E-state index is 14.0. The third kappa shape index (κ3) is 4.49. The molecule has 26 heavy (non-hydrogen) atoms. The van der Waals surface area contributed by atoms with Gasteiger partial charge in [0.15, 0.2) is 6.29 Å². The highest BCUT2D eigenvalue weighted by Crippen LogP contribution is 2.30. The van der Waals surface area contributed by atoms with Crippen molar-refractivity contribution in [3.8, 4) is 0 Å². The molecule has 0 aliphatic heterocycles. The molecule has 5 nitrogen and oxygen atoms in total. The summed E-state index contributed by atoms with van der Waals surface area (Å²) in [5.41, 5.74) is 2.43. The maximum atomic E-state index is 14.0. The van der Waals surface area contributed by atoms with Crippen molar-refractivity contribution in [1.29, 1.82) is 0 Å². The highest BCUT2D eigenvalue weighted by atomic mass is 127. The predicted octanol–water partition coefficient (Wildman–Crippen LogP) is 4.09. The number of benzene rings is 2. The van der Waals surface area contributed by atoms with E-state index in [2.05, 4.69) is 10.8 Å². The topological polar surface area (TPSA) is 70.6 Å². The third-order valence-corrected chi connectivity index (χ3v) is 4.92. The van der Waals surface area contributed by atoms with Crippen LogP contribution in [-0.2, 0) is 4.84 Å². The fourth-order valence-electron chi connectivity index (χ4n) is 2.54. The van der Waals surface area contributed by atoms with Crippen LogP contribution >= 0.6 is 22.6 Å². The van der Waals surface area contributed by atoms with Crippen molar-refractivity contribution in [1.82, 2.24) is 5.48 Å². The molecule has 0 spiro atoms. The van der Waals surface area contributed by atoms with E-state index in [-0.39, 0.29) is 22.9 Å². The van der Waals surface area contributed by atoms with Crippen LogP contribution in [0.4, 0.5) is 20.2 Å². The standard InChI is InChI=1S/C18H17F2IN2O3/c19-11-4-6-13(17(24)23-26-18(25)10-2-1-3-10)16(8-11)22-15-7-5-12(21)9-14(15)20/h4-10,18,22,25H,1-3H2,(H,23,24). The largest absolute Gasteiger partial charge is 0.366 e. The van der Waals surface area contributed by atoms with Gasteiger partial charge in [0.2, 0.25) is 0 Å². The number of hydrogen-bond donors (Lipinski definition) is 3. The Morgan fingerprint density at radius 2 is 1.96 bits per heavy atom. The molecular formula is C18H17F2IN2O3. The Balaban J connectivity index is 1.75. The molecular weight excluding hydrogens is 457 g/mol. The van der Waals surface area contributed by atoms with E-state index < -0.39 is 23.8 Å². The van der Waals surface area contributed by atoms with Gasteiger partial charge in [0.1, 0.15) is 11.6 Å². The number of rotatable bonds is 6. The molecule has 1 aliphatic carbocycles. The van der Waals surface area contributed by atoms with Crippen LogP contribution in [0.5, 0.6) is 0 Å². The first-order valence-electron chi connectivity index (χ1n) is 8.09. The van der Waals surface area contributed by atoms with Crippen molar-refractivity contribution >= 4 is 39.9 Å². The summed E-state index contributed by atoms with van der Waals surface area (Å²) >= 11 is 1.97. The average Bonchev–Trinajstić information content (AvgIpc) is 2.54. The molecule has 0 aromatic heterocycles. The molecule has 0 radical (unpaired) electrons. The lowest BCUT2D eigenvalue weighted by atomic mass is 9.85. The number of hydroxylamine groups is 1. The second kappa shape index (κ2) is 8.28. The van der Waals surface area contributed by atoms with Gasteiger partial charge in [-0.3, -0.25) is 4.79 Å². The summed E-state index contributed by atoms with van der Waals surface area (Å²) in [6.07, 6.45) is 1.61. The molecule has 138 valence electrons. The van der Waals surface area contributed by atoms with E-state index in [1.165, 1.54) is 18.2 Å². The Labute approximate surface area is 162 Å². The van der Waals surface area contributed by atoms with Crippen LogP contribution in [0.1, 0.15) is 29.6 Å². The van der Waals surface area contributed by atoms with E-state index in [1.54, 1.807) is 6.07 Å². The first-order valence-corrected chi connectivity index (χ1v) is 9.17. The maximum Gasteiger partial charge on any atom is 0.277 e. The molecule has 3 N–H and O–H groups in total. The van der Waals surface area contributed by atoms with E-state index >= 15 is 0 Å². The van der Waals surface area contributed by atoms with E-state index in [0.29, 0.717) is 3.57 Å². The Morgan fingerprint density at radius 3 is 2.62 bits per heavy atom. The second-order valence-electron chi connectivity index (χ2n) is 6.07. The van der Waals surface area contributed by atoms with Gasteiger partial charge in [0.05, 0.1) is 16.9 Å². The Hall–Kier alpha value is -1.78. The van der Waals surface area contributed by atoms with Crippen LogP contribution in [-0.4, -0.2) is 17.3 Å². The minimum Gasteiger partial charge on any atom is -0.366 e. The van der Waals surface area contributed by atoms with Gasteiger partial charge < -0.3 is 10.4 Å². The highest BCUT2D eigenvalue weighted by Gasteiger charge is 2.27. The zero-order valence-corrected chi connectivity index (χ0v) is 15.8. The number of halogens is 3. The summed E-state index contributed by atoms with van der Waals surface area (Å²) < 4.78 is 28.4. The Morgan fingerprint density at radius 1 is 1.19 bits per heavy atom. The van der Waals surface area contributed by atoms with Crippen LogP contribution in [0.25, 0.3) is 0 Å². The molecule has 1 fully saturated rings. The van der Waals surface area contributed by atoms with Crippen molar-refractivity contribution in [2.75, 3.05) is 5.32 Å². The first kappa shape index (κ1) is 19.0. The van der Waals surface area contributed by atoms with Crippen molar-refractivity contribution < 1.29 is 23.5 Å². The van der Waals surface area contributed by atoms with E-state index in [4.69, 9.17) is 4.84 Å². The summed E-state index contributed by atoms with van der Waals surface area (Å²) in [4.78, 5) is 17.3. The van der Waals surface area contributed by atoms with Crippen LogP contribution in [0.3, 0.4) is 0 Å². The lowest BCUT2D eigenvalue weighted by Crippen LogP contribution is -2.36. The normalized spacial score (nSPS) is 15.2. The Bertz CT molecular complexity index is 815. The summed E-state index contributed by atoms with van der Waals surface area (Å²) in [5, 5.41) is 12.5. The van der Waals surface area contributed by atoms with Crippen LogP contribution in [0, 0.1) is 21.1 Å². The Kier molecular flexibility index (Phi) is 6.05. The average molecular weight is 474 g/mol. The van der Waals surface area contributed by atoms with E-state index in [1.807, 2.05) is 22.6 Å². The number of nitrogens with one attached hydrogen (secondary N) is 2. The third-order valence-electron chi connectivity index (χ3n) is 4.25. The van der Waals surface area contributed by atoms with Gasteiger partial charge in [-0.1, -0.05) is 6.42 Å². The zero-order valence-electron chi connectivity index (χ0n) is 13.6. The molecule has 1 saturated carbocycles. The second-order valence-corrected chi connectivity index (χ2v) is 7.32. The number of aliphatic hydroxyl groups is 1. The van der Waals surface area contributed by atoms with Crippen molar-refractivity contribution in [3.05, 3.63) is 57.2 Å². The van der Waals surface area contributed by atoms with E-state index in [0.717, 1.165) is 31.4 Å². The molecule has 0 bridgehead atoms. The fourth-order valence-corrected chi connectivity index (χ4v) is 3.00. The minimum atomic E-state index is -1.08. The molecule has 3 rings (SSSR count). The van der Waals surface area contributed by atoms with Crippen LogP contribution < -0.4 is 10.8 Å². The monoisotopic (exact) mass is 474 g/mol. The molecule has 0 saturated heterocycles. The molecule has 2 aromatic carbocycles. The van der Waals surface area contributed by atoms with Gasteiger partial charge in [0, 0.05) is 9.49 Å². The molecule has 2 aromatic rings. The molecule has 1 unspecified atom stereocenters. The number of amides is 1. The smallest absolute Gasteiger partial charge is 0.277 e. The van der Waals surface area contributed by atoms with Gasteiger partial charge in [-0.15, -0.1) is 0 Å². The SMILES string of the molecule is O=C(NOC(O)C1CCC1)c1ccc(F)cc1Nc1ccc(I)cc1F. The van der Waals surface area contributed by atoms with Gasteiger partial charge >= 0.3 is 0 Å². The number of anilines is 2. The van der Waals surface area contributed by atoms with Gasteiger partial charge in [-0.2, -0.15) is 0 Å². The van der Waals surface area contributed by atoms with Crippen molar-refractivity contribution in [2.24, 2.45) is 5.92 Å². The lowest BCUT2D eigenvalue weighted by Gasteiger charge is -2.29. The summed E-state index contributed by atoms with van der Waals surface area (Å²) in [5.74, 6) is -1.77. The molecule has 1 atom stereocenters. The number of aliphatic hydroxyl groups excluding tert-OH is 1. The summed E-state index contributed by atoms with van der Waals surface area (Å²) in [7, 11) is 0. The van der Waals surface area contributed by atoms with Crippen molar-refractivity contribution in [2.45, 2.75) is 25.6 Å². The number of hydrogen-bond acceptors (Lipinski definition) is 4. The highest BCUT2D eigenvalue weighted by molar-refractivity contribution is 14.1. The lowest BCUT2D eigenvalue weighted by molar-refractivity contribution is -0.178. The number of carbonyl (C=O) groups is 1. The first-order chi connectivity index (χ1) is 12.4. The molecule has 0 heterocycles. The van der Waals surface area contributed by atoms with Crippen molar-refractivity contribution in [3.63, 3.8) is 0 Å². The molecule has 1 aliphatic rings. The summed E-state index contributed by atoms with van der Waals surface area (Å²) in [6.45, 7) is 0. The van der Waals surface area contributed by atoms with E-state index in [9.17, 15) is 18.7 Å². The van der Waals surface area contributed by atoms with Gasteiger partial charge in [-0.25, -0.2) is 19.1 Å². The van der Waals surface area contributed by atoms with Gasteiger partial charge in [0.25, 0.3) is 5.91 Å². The fraction of sp³-hybridized carbons (Fsp3) is 0.278. The quantitative estimate of drug-likeness (QED) is 0.335.